The average Bonchev–Trinajstić information content (AvgIpc) is 2.52. The van der Waals surface area contributed by atoms with Crippen molar-refractivity contribution >= 4 is 11.3 Å². The second-order valence-corrected chi connectivity index (χ2v) is 4.92. The van der Waals surface area contributed by atoms with Crippen molar-refractivity contribution in [2.24, 2.45) is 5.92 Å². The third-order valence-electron chi connectivity index (χ3n) is 1.77. The maximum atomic E-state index is 8.59. The predicted molar refractivity (Wildman–Crippen MR) is 59.4 cm³/mol. The molecule has 0 saturated heterocycles. The first-order chi connectivity index (χ1) is 6.72. The van der Waals surface area contributed by atoms with Gasteiger partial charge in [0.05, 0.1) is 11.6 Å². The van der Waals surface area contributed by atoms with Crippen LogP contribution in [0.1, 0.15) is 23.7 Å². The third-order valence-corrected chi connectivity index (χ3v) is 2.79. The smallest absolute Gasteiger partial charge is 0.0930 e. The van der Waals surface area contributed by atoms with Crippen molar-refractivity contribution in [2.75, 3.05) is 13.2 Å². The maximum Gasteiger partial charge on any atom is 0.0930 e. The van der Waals surface area contributed by atoms with E-state index in [2.05, 4.69) is 24.1 Å². The van der Waals surface area contributed by atoms with E-state index in [1.54, 1.807) is 11.3 Å². The molecule has 0 unspecified atom stereocenters. The number of hydrogen-bond acceptors (Lipinski definition) is 4. The predicted octanol–water partition coefficient (Wildman–Crippen LogP) is 1.42. The van der Waals surface area contributed by atoms with Crippen molar-refractivity contribution in [3.05, 3.63) is 16.1 Å². The van der Waals surface area contributed by atoms with Crippen molar-refractivity contribution < 1.29 is 5.11 Å². The van der Waals surface area contributed by atoms with Gasteiger partial charge in [0.15, 0.2) is 0 Å². The summed E-state index contributed by atoms with van der Waals surface area (Å²) in [6.45, 7) is 6.06. The molecule has 4 heteroatoms. The molecular weight excluding hydrogens is 196 g/mol. The number of thiazole rings is 1. The fraction of sp³-hybridized carbons (Fsp3) is 0.700. The molecule has 0 amide bonds. The van der Waals surface area contributed by atoms with E-state index in [0.717, 1.165) is 13.0 Å². The molecule has 0 aliphatic carbocycles. The lowest BCUT2D eigenvalue weighted by atomic mass is 10.1. The zero-order valence-corrected chi connectivity index (χ0v) is 9.60. The molecule has 80 valence electrons. The molecule has 0 aliphatic rings. The molecule has 1 aromatic heterocycles. The summed E-state index contributed by atoms with van der Waals surface area (Å²) in [5, 5.41) is 12.9. The second-order valence-electron chi connectivity index (χ2n) is 3.72. The van der Waals surface area contributed by atoms with Gasteiger partial charge in [-0.1, -0.05) is 13.8 Å². The quantitative estimate of drug-likeness (QED) is 0.704. The first kappa shape index (κ1) is 11.6. The van der Waals surface area contributed by atoms with Crippen LogP contribution in [0.4, 0.5) is 0 Å². The number of aliphatic hydroxyl groups is 1. The first-order valence-electron chi connectivity index (χ1n) is 4.97. The van der Waals surface area contributed by atoms with E-state index in [0.29, 0.717) is 12.5 Å². The lowest BCUT2D eigenvalue weighted by molar-refractivity contribution is 0.292. The summed E-state index contributed by atoms with van der Waals surface area (Å²) in [7, 11) is 0. The summed E-state index contributed by atoms with van der Waals surface area (Å²) >= 11 is 1.76. The van der Waals surface area contributed by atoms with Crippen LogP contribution in [-0.2, 0) is 13.0 Å². The zero-order chi connectivity index (χ0) is 10.4. The largest absolute Gasteiger partial charge is 0.395 e. The Morgan fingerprint density at radius 1 is 1.57 bits per heavy atom. The lowest BCUT2D eigenvalue weighted by Crippen LogP contribution is -2.16. The minimum atomic E-state index is 0.192. The van der Waals surface area contributed by atoms with Crippen molar-refractivity contribution in [3.8, 4) is 0 Å². The van der Waals surface area contributed by atoms with Crippen LogP contribution in [-0.4, -0.2) is 23.2 Å². The van der Waals surface area contributed by atoms with Gasteiger partial charge in [-0.3, -0.25) is 0 Å². The Bertz CT molecular complexity index is 260. The normalized spacial score (nSPS) is 11.1. The van der Waals surface area contributed by atoms with Crippen molar-refractivity contribution in [3.63, 3.8) is 0 Å². The standard InChI is InChI=1S/C10H18N2OS/c1-8(2)5-10-12-7-9(14-10)6-11-3-4-13/h7-8,11,13H,3-6H2,1-2H3. The van der Waals surface area contributed by atoms with Crippen LogP contribution in [0, 0.1) is 5.92 Å². The minimum Gasteiger partial charge on any atom is -0.395 e. The highest BCUT2D eigenvalue weighted by atomic mass is 32.1. The molecule has 2 N–H and O–H groups in total. The van der Waals surface area contributed by atoms with Crippen LogP contribution < -0.4 is 5.32 Å². The van der Waals surface area contributed by atoms with Crippen molar-refractivity contribution in [2.45, 2.75) is 26.8 Å². The number of aliphatic hydroxyl groups excluding tert-OH is 1. The topological polar surface area (TPSA) is 45.2 Å². The van der Waals surface area contributed by atoms with Crippen LogP contribution >= 0.6 is 11.3 Å². The van der Waals surface area contributed by atoms with Crippen molar-refractivity contribution in [1.29, 1.82) is 0 Å². The molecule has 14 heavy (non-hydrogen) atoms. The molecular formula is C10H18N2OS. The third kappa shape index (κ3) is 4.17. The van der Waals surface area contributed by atoms with Gasteiger partial charge in [0, 0.05) is 30.6 Å². The van der Waals surface area contributed by atoms with Gasteiger partial charge in [-0.15, -0.1) is 11.3 Å². The number of rotatable bonds is 6. The molecule has 0 fully saturated rings. The Labute approximate surface area is 89.2 Å². The van der Waals surface area contributed by atoms with Crippen LogP contribution in [0.5, 0.6) is 0 Å². The summed E-state index contributed by atoms with van der Waals surface area (Å²) in [6, 6.07) is 0. The Balaban J connectivity index is 2.35. The molecule has 0 bridgehead atoms. The highest BCUT2D eigenvalue weighted by Crippen LogP contribution is 2.16. The maximum absolute atomic E-state index is 8.59. The summed E-state index contributed by atoms with van der Waals surface area (Å²) in [4.78, 5) is 5.60. The Morgan fingerprint density at radius 3 is 3.00 bits per heavy atom. The Hall–Kier alpha value is -0.450. The Morgan fingerprint density at radius 2 is 2.36 bits per heavy atom. The molecule has 1 aromatic rings. The van der Waals surface area contributed by atoms with Crippen LogP contribution in [0.3, 0.4) is 0 Å². The first-order valence-corrected chi connectivity index (χ1v) is 5.79. The summed E-state index contributed by atoms with van der Waals surface area (Å²) in [6.07, 6.45) is 2.98. The minimum absolute atomic E-state index is 0.192. The van der Waals surface area contributed by atoms with E-state index >= 15 is 0 Å². The fourth-order valence-corrected chi connectivity index (χ4v) is 2.27. The van der Waals surface area contributed by atoms with E-state index in [9.17, 15) is 0 Å². The summed E-state index contributed by atoms with van der Waals surface area (Å²) in [5.41, 5.74) is 0. The van der Waals surface area contributed by atoms with Gasteiger partial charge in [-0.05, 0) is 5.92 Å². The molecule has 1 rings (SSSR count). The number of nitrogens with zero attached hydrogens (tertiary/aromatic N) is 1. The van der Waals surface area contributed by atoms with Crippen LogP contribution in [0.2, 0.25) is 0 Å². The van der Waals surface area contributed by atoms with E-state index in [4.69, 9.17) is 5.11 Å². The van der Waals surface area contributed by atoms with E-state index < -0.39 is 0 Å². The van der Waals surface area contributed by atoms with Gasteiger partial charge < -0.3 is 10.4 Å². The monoisotopic (exact) mass is 214 g/mol. The van der Waals surface area contributed by atoms with Gasteiger partial charge in [-0.25, -0.2) is 4.98 Å². The van der Waals surface area contributed by atoms with E-state index in [1.165, 1.54) is 9.88 Å². The SMILES string of the molecule is CC(C)Cc1ncc(CNCCO)s1. The number of aromatic nitrogens is 1. The highest BCUT2D eigenvalue weighted by Gasteiger charge is 2.03. The van der Waals surface area contributed by atoms with Crippen LogP contribution in [0.25, 0.3) is 0 Å². The lowest BCUT2D eigenvalue weighted by Gasteiger charge is -1.99. The fourth-order valence-electron chi connectivity index (χ4n) is 1.16. The summed E-state index contributed by atoms with van der Waals surface area (Å²) < 4.78 is 0. The van der Waals surface area contributed by atoms with Gasteiger partial charge in [0.1, 0.15) is 0 Å². The summed E-state index contributed by atoms with van der Waals surface area (Å²) in [5.74, 6) is 0.666. The van der Waals surface area contributed by atoms with Gasteiger partial charge in [-0.2, -0.15) is 0 Å². The van der Waals surface area contributed by atoms with E-state index in [1.807, 2.05) is 6.20 Å². The van der Waals surface area contributed by atoms with Gasteiger partial charge in [0.25, 0.3) is 0 Å². The van der Waals surface area contributed by atoms with Gasteiger partial charge >= 0.3 is 0 Å². The zero-order valence-electron chi connectivity index (χ0n) is 8.79. The van der Waals surface area contributed by atoms with Gasteiger partial charge in [0.2, 0.25) is 0 Å². The Kier molecular flexibility index (Phi) is 5.07. The average molecular weight is 214 g/mol. The molecule has 3 nitrogen and oxygen atoms in total. The second kappa shape index (κ2) is 6.11. The highest BCUT2D eigenvalue weighted by molar-refractivity contribution is 7.11. The molecule has 0 aliphatic heterocycles. The molecule has 0 aromatic carbocycles. The molecule has 0 radical (unpaired) electrons. The van der Waals surface area contributed by atoms with Crippen LogP contribution in [0.15, 0.2) is 6.20 Å². The van der Waals surface area contributed by atoms with Crippen molar-refractivity contribution in [1.82, 2.24) is 10.3 Å². The van der Waals surface area contributed by atoms with E-state index in [-0.39, 0.29) is 6.61 Å². The molecule has 0 spiro atoms. The molecule has 1 heterocycles. The molecule has 0 atom stereocenters. The molecule has 0 saturated carbocycles. The number of nitrogens with one attached hydrogen (secondary N) is 1. The number of hydrogen-bond donors (Lipinski definition) is 2.